The number of hydrogen-bond acceptors (Lipinski definition) is 7. The van der Waals surface area contributed by atoms with Crippen molar-refractivity contribution < 1.29 is 9.47 Å². The van der Waals surface area contributed by atoms with Crippen LogP contribution in [0.15, 0.2) is 18.3 Å². The number of pyridine rings is 1. The maximum absolute atomic E-state index is 6.03. The minimum atomic E-state index is 0.134. The van der Waals surface area contributed by atoms with Crippen LogP contribution in [0.2, 0.25) is 5.28 Å². The number of nitrogens with zero attached hydrogens (tertiary/aromatic N) is 5. The van der Waals surface area contributed by atoms with Crippen molar-refractivity contribution in [2.75, 3.05) is 38.3 Å². The third-order valence-corrected chi connectivity index (χ3v) is 3.26. The highest BCUT2D eigenvalue weighted by atomic mass is 35.5. The second-order valence-electron chi connectivity index (χ2n) is 4.38. The molecule has 3 heterocycles. The summed E-state index contributed by atoms with van der Waals surface area (Å²) in [4.78, 5) is 19.1. The van der Waals surface area contributed by atoms with E-state index in [4.69, 9.17) is 21.1 Å². The van der Waals surface area contributed by atoms with Gasteiger partial charge in [0.25, 0.3) is 0 Å². The molecule has 0 amide bonds. The topological polar surface area (TPSA) is 73.3 Å². The molecule has 21 heavy (non-hydrogen) atoms. The zero-order valence-electron chi connectivity index (χ0n) is 11.5. The Balaban J connectivity index is 2.01. The molecule has 0 aromatic carbocycles. The van der Waals surface area contributed by atoms with Crippen LogP contribution in [-0.2, 0) is 4.74 Å². The largest absolute Gasteiger partial charge is 0.494 e. The van der Waals surface area contributed by atoms with Crippen LogP contribution in [0.3, 0.4) is 0 Å². The lowest BCUT2D eigenvalue weighted by molar-refractivity contribution is 0.122. The maximum atomic E-state index is 6.03. The Bertz CT molecular complexity index is 634. The van der Waals surface area contributed by atoms with Crippen molar-refractivity contribution in [3.8, 4) is 17.3 Å². The van der Waals surface area contributed by atoms with Gasteiger partial charge in [0.1, 0.15) is 11.4 Å². The molecule has 0 radical (unpaired) electrons. The lowest BCUT2D eigenvalue weighted by Gasteiger charge is -2.26. The Labute approximate surface area is 126 Å². The van der Waals surface area contributed by atoms with Gasteiger partial charge in [-0.25, -0.2) is 4.98 Å². The lowest BCUT2D eigenvalue weighted by atomic mass is 10.3. The molecular weight excluding hydrogens is 294 g/mol. The van der Waals surface area contributed by atoms with Crippen LogP contribution < -0.4 is 9.64 Å². The molecule has 3 rings (SSSR count). The van der Waals surface area contributed by atoms with E-state index in [1.807, 2.05) is 4.90 Å². The Morgan fingerprint density at radius 2 is 2.05 bits per heavy atom. The first-order valence-electron chi connectivity index (χ1n) is 6.51. The van der Waals surface area contributed by atoms with Crippen molar-refractivity contribution in [2.24, 2.45) is 0 Å². The van der Waals surface area contributed by atoms with Crippen LogP contribution in [0.5, 0.6) is 5.75 Å². The zero-order chi connectivity index (χ0) is 14.7. The second-order valence-corrected chi connectivity index (χ2v) is 4.72. The van der Waals surface area contributed by atoms with E-state index in [2.05, 4.69) is 19.9 Å². The molecule has 2 aromatic heterocycles. The van der Waals surface area contributed by atoms with Gasteiger partial charge in [0.15, 0.2) is 5.82 Å². The van der Waals surface area contributed by atoms with Crippen LogP contribution in [0.25, 0.3) is 11.5 Å². The minimum absolute atomic E-state index is 0.134. The van der Waals surface area contributed by atoms with Crippen molar-refractivity contribution in [1.82, 2.24) is 19.9 Å². The van der Waals surface area contributed by atoms with E-state index in [0.29, 0.717) is 36.4 Å². The van der Waals surface area contributed by atoms with Gasteiger partial charge in [0, 0.05) is 19.3 Å². The lowest BCUT2D eigenvalue weighted by Crippen LogP contribution is -2.37. The van der Waals surface area contributed by atoms with Gasteiger partial charge in [-0.1, -0.05) is 0 Å². The van der Waals surface area contributed by atoms with Gasteiger partial charge in [0.05, 0.1) is 20.3 Å². The number of morpholine rings is 1. The van der Waals surface area contributed by atoms with Crippen molar-refractivity contribution >= 4 is 17.5 Å². The predicted molar refractivity (Wildman–Crippen MR) is 77.7 cm³/mol. The molecular formula is C13H14ClN5O2. The fourth-order valence-corrected chi connectivity index (χ4v) is 2.23. The molecule has 1 aliphatic heterocycles. The summed E-state index contributed by atoms with van der Waals surface area (Å²) in [6.45, 7) is 2.73. The number of halogens is 1. The van der Waals surface area contributed by atoms with E-state index in [0.717, 1.165) is 13.1 Å². The van der Waals surface area contributed by atoms with Crippen LogP contribution >= 0.6 is 11.6 Å². The molecule has 8 heteroatoms. The van der Waals surface area contributed by atoms with Crippen molar-refractivity contribution in [2.45, 2.75) is 0 Å². The third-order valence-electron chi connectivity index (χ3n) is 3.09. The van der Waals surface area contributed by atoms with E-state index in [-0.39, 0.29) is 5.28 Å². The molecule has 0 atom stereocenters. The summed E-state index contributed by atoms with van der Waals surface area (Å²) < 4.78 is 10.6. The van der Waals surface area contributed by atoms with Gasteiger partial charge in [0.2, 0.25) is 11.2 Å². The highest BCUT2D eigenvalue weighted by Gasteiger charge is 2.18. The van der Waals surface area contributed by atoms with Gasteiger partial charge in [-0.3, -0.25) is 0 Å². The molecule has 7 nitrogen and oxygen atoms in total. The van der Waals surface area contributed by atoms with Crippen LogP contribution in [0.4, 0.5) is 5.95 Å². The molecule has 0 bridgehead atoms. The van der Waals surface area contributed by atoms with Crippen LogP contribution in [0.1, 0.15) is 0 Å². The van der Waals surface area contributed by atoms with Gasteiger partial charge >= 0.3 is 0 Å². The minimum Gasteiger partial charge on any atom is -0.494 e. The summed E-state index contributed by atoms with van der Waals surface area (Å²) in [5, 5.41) is 0.134. The summed E-state index contributed by atoms with van der Waals surface area (Å²) in [5.41, 5.74) is 0.541. The molecule has 1 saturated heterocycles. The van der Waals surface area contributed by atoms with Gasteiger partial charge < -0.3 is 14.4 Å². The number of anilines is 1. The van der Waals surface area contributed by atoms with Crippen molar-refractivity contribution in [3.05, 3.63) is 23.6 Å². The SMILES string of the molecule is COc1cccnc1-c1nc(Cl)nc(N2CCOCC2)n1. The van der Waals surface area contributed by atoms with E-state index in [9.17, 15) is 0 Å². The number of ether oxygens (including phenoxy) is 2. The number of rotatable bonds is 3. The molecule has 0 unspecified atom stereocenters. The molecule has 1 aliphatic rings. The summed E-state index contributed by atoms with van der Waals surface area (Å²) >= 11 is 6.03. The fraction of sp³-hybridized carbons (Fsp3) is 0.385. The summed E-state index contributed by atoms with van der Waals surface area (Å²) in [5.74, 6) is 1.52. The number of hydrogen-bond donors (Lipinski definition) is 0. The summed E-state index contributed by atoms with van der Waals surface area (Å²) in [7, 11) is 1.58. The first-order chi connectivity index (χ1) is 10.3. The first kappa shape index (κ1) is 14.0. The summed E-state index contributed by atoms with van der Waals surface area (Å²) in [6, 6.07) is 3.59. The highest BCUT2D eigenvalue weighted by molar-refractivity contribution is 6.28. The van der Waals surface area contributed by atoms with Gasteiger partial charge in [-0.2, -0.15) is 15.0 Å². The Morgan fingerprint density at radius 3 is 2.81 bits per heavy atom. The Morgan fingerprint density at radius 1 is 1.24 bits per heavy atom. The van der Waals surface area contributed by atoms with Crippen molar-refractivity contribution in [1.29, 1.82) is 0 Å². The van der Waals surface area contributed by atoms with Crippen LogP contribution in [0, 0.1) is 0 Å². The number of methoxy groups -OCH3 is 1. The quantitative estimate of drug-likeness (QED) is 0.849. The predicted octanol–water partition coefficient (Wildman–Crippen LogP) is 1.43. The molecule has 1 fully saturated rings. The first-order valence-corrected chi connectivity index (χ1v) is 6.89. The monoisotopic (exact) mass is 307 g/mol. The second kappa shape index (κ2) is 6.19. The molecule has 0 saturated carbocycles. The average molecular weight is 308 g/mol. The van der Waals surface area contributed by atoms with Gasteiger partial charge in [-0.15, -0.1) is 0 Å². The van der Waals surface area contributed by atoms with Crippen LogP contribution in [-0.4, -0.2) is 53.3 Å². The molecule has 0 aliphatic carbocycles. The van der Waals surface area contributed by atoms with E-state index < -0.39 is 0 Å². The fourth-order valence-electron chi connectivity index (χ4n) is 2.07. The van der Waals surface area contributed by atoms with E-state index in [1.54, 1.807) is 25.4 Å². The van der Waals surface area contributed by atoms with Crippen molar-refractivity contribution in [3.63, 3.8) is 0 Å². The standard InChI is InChI=1S/C13H14ClN5O2/c1-20-9-3-2-4-15-10(9)11-16-12(14)18-13(17-11)19-5-7-21-8-6-19/h2-4H,5-8H2,1H3. The normalized spacial score (nSPS) is 15.0. The molecule has 0 N–H and O–H groups in total. The molecule has 2 aromatic rings. The highest BCUT2D eigenvalue weighted by Crippen LogP contribution is 2.26. The Kier molecular flexibility index (Phi) is 4.12. The zero-order valence-corrected chi connectivity index (χ0v) is 12.2. The van der Waals surface area contributed by atoms with E-state index >= 15 is 0 Å². The van der Waals surface area contributed by atoms with E-state index in [1.165, 1.54) is 0 Å². The number of aromatic nitrogens is 4. The average Bonchev–Trinajstić information content (AvgIpc) is 2.55. The molecule has 0 spiro atoms. The Hall–Kier alpha value is -1.99. The smallest absolute Gasteiger partial charge is 0.230 e. The third kappa shape index (κ3) is 3.03. The maximum Gasteiger partial charge on any atom is 0.230 e. The molecule has 110 valence electrons. The summed E-state index contributed by atoms with van der Waals surface area (Å²) in [6.07, 6.45) is 1.66. The van der Waals surface area contributed by atoms with Gasteiger partial charge in [-0.05, 0) is 23.7 Å².